The molecule has 15 heavy (non-hydrogen) atoms. The molecule has 0 bridgehead atoms. The summed E-state index contributed by atoms with van der Waals surface area (Å²) in [5.74, 6) is -0.742. The minimum atomic E-state index is -1.49. The largest absolute Gasteiger partial charge is 0.462 e. The normalized spacial score (nSPS) is 13.7. The molecule has 2 amide bonds. The molecule has 0 aromatic rings. The lowest BCUT2D eigenvalue weighted by Gasteiger charge is -2.19. The van der Waals surface area contributed by atoms with E-state index >= 15 is 0 Å². The smallest absolute Gasteiger partial charge is 0.450 e. The summed E-state index contributed by atoms with van der Waals surface area (Å²) >= 11 is 0. The maximum absolute atomic E-state index is 11.4. The summed E-state index contributed by atoms with van der Waals surface area (Å²) < 4.78 is 5.31. The first-order chi connectivity index (χ1) is 6.84. The van der Waals surface area contributed by atoms with Gasteiger partial charge in [0.05, 0.1) is 6.10 Å². The van der Waals surface area contributed by atoms with E-state index in [2.05, 4.69) is 10.2 Å². The van der Waals surface area contributed by atoms with Crippen LogP contribution in [0, 0.1) is 5.92 Å². The van der Waals surface area contributed by atoms with E-state index in [4.69, 9.17) is 9.84 Å². The SMILES string of the molecule is CC(C)OC(C(=O)N=NC(=O)O)C(C)C. The van der Waals surface area contributed by atoms with Crippen molar-refractivity contribution in [1.82, 2.24) is 0 Å². The summed E-state index contributed by atoms with van der Waals surface area (Å²) in [6.45, 7) is 7.16. The molecule has 0 saturated carbocycles. The van der Waals surface area contributed by atoms with Gasteiger partial charge in [-0.25, -0.2) is 4.79 Å². The lowest BCUT2D eigenvalue weighted by Crippen LogP contribution is -2.31. The van der Waals surface area contributed by atoms with E-state index in [1.165, 1.54) is 0 Å². The first-order valence-corrected chi connectivity index (χ1v) is 4.68. The summed E-state index contributed by atoms with van der Waals surface area (Å²) in [6, 6.07) is 0. The third-order valence-corrected chi connectivity index (χ3v) is 1.50. The molecule has 6 heteroatoms. The minimum Gasteiger partial charge on any atom is -0.462 e. The molecule has 0 heterocycles. The third-order valence-electron chi connectivity index (χ3n) is 1.50. The van der Waals surface area contributed by atoms with Crippen molar-refractivity contribution in [3.63, 3.8) is 0 Å². The topological polar surface area (TPSA) is 88.3 Å². The van der Waals surface area contributed by atoms with Gasteiger partial charge in [-0.1, -0.05) is 19.0 Å². The number of hydrogen-bond donors (Lipinski definition) is 1. The first-order valence-electron chi connectivity index (χ1n) is 4.68. The van der Waals surface area contributed by atoms with Crippen LogP contribution >= 0.6 is 0 Å². The van der Waals surface area contributed by atoms with Gasteiger partial charge in [-0.05, 0) is 19.8 Å². The minimum absolute atomic E-state index is 0.0763. The van der Waals surface area contributed by atoms with Gasteiger partial charge in [0.25, 0.3) is 5.91 Å². The van der Waals surface area contributed by atoms with Crippen LogP contribution in [0.2, 0.25) is 0 Å². The van der Waals surface area contributed by atoms with Gasteiger partial charge in [-0.2, -0.15) is 0 Å². The van der Waals surface area contributed by atoms with Crippen LogP contribution in [0.3, 0.4) is 0 Å². The van der Waals surface area contributed by atoms with Crippen LogP contribution in [0.4, 0.5) is 4.79 Å². The number of ether oxygens (including phenoxy) is 1. The van der Waals surface area contributed by atoms with Gasteiger partial charge in [0.15, 0.2) is 0 Å². The molecule has 0 radical (unpaired) electrons. The highest BCUT2D eigenvalue weighted by molar-refractivity contribution is 5.82. The van der Waals surface area contributed by atoms with Crippen molar-refractivity contribution in [2.45, 2.75) is 39.9 Å². The zero-order chi connectivity index (χ0) is 12.0. The van der Waals surface area contributed by atoms with Gasteiger partial charge in [0, 0.05) is 0 Å². The molecule has 0 saturated heterocycles. The zero-order valence-corrected chi connectivity index (χ0v) is 9.30. The molecule has 0 aromatic heterocycles. The number of azo groups is 1. The van der Waals surface area contributed by atoms with Crippen molar-refractivity contribution in [3.8, 4) is 0 Å². The van der Waals surface area contributed by atoms with Gasteiger partial charge in [0.1, 0.15) is 6.10 Å². The van der Waals surface area contributed by atoms with Crippen molar-refractivity contribution in [2.24, 2.45) is 16.1 Å². The number of rotatable bonds is 4. The van der Waals surface area contributed by atoms with E-state index in [0.29, 0.717) is 0 Å². The summed E-state index contributed by atoms with van der Waals surface area (Å²) in [6.07, 6.45) is -2.36. The second-order valence-corrected chi connectivity index (χ2v) is 3.67. The fourth-order valence-corrected chi connectivity index (χ4v) is 0.943. The third kappa shape index (κ3) is 5.90. The van der Waals surface area contributed by atoms with E-state index in [0.717, 1.165) is 0 Å². The van der Waals surface area contributed by atoms with Crippen molar-refractivity contribution in [3.05, 3.63) is 0 Å². The fourth-order valence-electron chi connectivity index (χ4n) is 0.943. The number of carbonyl (C=O) groups excluding carboxylic acids is 1. The zero-order valence-electron chi connectivity index (χ0n) is 9.30. The molecule has 0 aliphatic carbocycles. The Kier molecular flexibility index (Phi) is 5.69. The monoisotopic (exact) mass is 216 g/mol. The van der Waals surface area contributed by atoms with Gasteiger partial charge in [-0.3, -0.25) is 4.79 Å². The fraction of sp³-hybridized carbons (Fsp3) is 0.778. The number of nitrogens with zero attached hydrogens (tertiary/aromatic N) is 2. The van der Waals surface area contributed by atoms with E-state index in [1.54, 1.807) is 27.7 Å². The summed E-state index contributed by atoms with van der Waals surface area (Å²) in [5.41, 5.74) is 0. The van der Waals surface area contributed by atoms with E-state index in [1.807, 2.05) is 0 Å². The summed E-state index contributed by atoms with van der Waals surface area (Å²) in [4.78, 5) is 21.4. The van der Waals surface area contributed by atoms with E-state index < -0.39 is 18.1 Å². The molecule has 6 nitrogen and oxygen atoms in total. The first kappa shape index (κ1) is 13.7. The van der Waals surface area contributed by atoms with Crippen LogP contribution in [0.25, 0.3) is 0 Å². The van der Waals surface area contributed by atoms with Crippen molar-refractivity contribution in [2.75, 3.05) is 0 Å². The average molecular weight is 216 g/mol. The second kappa shape index (κ2) is 6.23. The molecule has 1 unspecified atom stereocenters. The Balaban J connectivity index is 4.49. The molecular weight excluding hydrogens is 200 g/mol. The highest BCUT2D eigenvalue weighted by Crippen LogP contribution is 2.11. The van der Waals surface area contributed by atoms with Crippen LogP contribution in [-0.4, -0.2) is 29.3 Å². The Morgan fingerprint density at radius 1 is 1.13 bits per heavy atom. The Morgan fingerprint density at radius 2 is 1.67 bits per heavy atom. The predicted molar refractivity (Wildman–Crippen MR) is 52.7 cm³/mol. The number of carboxylic acid groups (broad SMARTS) is 1. The quantitative estimate of drug-likeness (QED) is 0.728. The molecule has 0 rings (SSSR count). The molecule has 0 fully saturated rings. The lowest BCUT2D eigenvalue weighted by molar-refractivity contribution is -0.135. The molecule has 0 aromatic carbocycles. The molecule has 86 valence electrons. The van der Waals surface area contributed by atoms with Gasteiger partial charge in [0.2, 0.25) is 0 Å². The molecule has 1 N–H and O–H groups in total. The van der Waals surface area contributed by atoms with E-state index in [-0.39, 0.29) is 12.0 Å². The van der Waals surface area contributed by atoms with Crippen molar-refractivity contribution >= 4 is 12.0 Å². The number of amides is 2. The standard InChI is InChI=1S/C9H16N2O4/c1-5(2)7(15-6(3)4)8(12)10-11-9(13)14/h5-7H,1-4H3,(H,13,14). The van der Waals surface area contributed by atoms with Crippen LogP contribution < -0.4 is 0 Å². The highest BCUT2D eigenvalue weighted by atomic mass is 16.5. The maximum atomic E-state index is 11.4. The molecule has 0 aliphatic heterocycles. The van der Waals surface area contributed by atoms with Crippen LogP contribution in [0.1, 0.15) is 27.7 Å². The van der Waals surface area contributed by atoms with E-state index in [9.17, 15) is 9.59 Å². The van der Waals surface area contributed by atoms with Crippen molar-refractivity contribution < 1.29 is 19.4 Å². The Hall–Kier alpha value is -1.30. The molecule has 1 atom stereocenters. The molecule has 0 spiro atoms. The van der Waals surface area contributed by atoms with Crippen LogP contribution in [0.15, 0.2) is 10.2 Å². The Morgan fingerprint density at radius 3 is 2.00 bits per heavy atom. The Bertz CT molecular complexity index is 261. The summed E-state index contributed by atoms with van der Waals surface area (Å²) in [7, 11) is 0. The molecule has 0 aliphatic rings. The Labute approximate surface area is 88.3 Å². The van der Waals surface area contributed by atoms with Crippen LogP contribution in [-0.2, 0) is 9.53 Å². The maximum Gasteiger partial charge on any atom is 0.450 e. The summed E-state index contributed by atoms with van der Waals surface area (Å²) in [5, 5.41) is 14.0. The van der Waals surface area contributed by atoms with Gasteiger partial charge in [-0.15, -0.1) is 5.11 Å². The molecular formula is C9H16N2O4. The van der Waals surface area contributed by atoms with Crippen LogP contribution in [0.5, 0.6) is 0 Å². The van der Waals surface area contributed by atoms with Gasteiger partial charge >= 0.3 is 6.09 Å². The average Bonchev–Trinajstić information content (AvgIpc) is 2.09. The number of hydrogen-bond acceptors (Lipinski definition) is 3. The lowest BCUT2D eigenvalue weighted by atomic mass is 10.1. The second-order valence-electron chi connectivity index (χ2n) is 3.67. The predicted octanol–water partition coefficient (Wildman–Crippen LogP) is 2.09. The highest BCUT2D eigenvalue weighted by Gasteiger charge is 2.24. The van der Waals surface area contributed by atoms with Crippen molar-refractivity contribution in [1.29, 1.82) is 0 Å². The van der Waals surface area contributed by atoms with Gasteiger partial charge < -0.3 is 9.84 Å². The number of carbonyl (C=O) groups is 2.